The lowest BCUT2D eigenvalue weighted by Crippen LogP contribution is -2.60. The average molecular weight is 1940 g/mol. The third-order valence-corrected chi connectivity index (χ3v) is 21.9. The van der Waals surface area contributed by atoms with Crippen molar-refractivity contribution in [1.29, 1.82) is 0 Å². The Morgan fingerprint density at radius 2 is 1.00 bits per heavy atom. The number of hydrogen-bond donors (Lipinski definition) is 5. The minimum absolute atomic E-state index is 0.0293. The molecule has 0 atom stereocenters. The standard InChI is InChI=1S/C15H12ClN3O2.C13H10Cl2N2O2.C12H9Cl3N2O.C12H10Cl2N2O2.C8H12O3.C6H3Cl3N2O.C6H4Cl2N2O.C6H3Cl2NO/c1-17-10-2-5-14(18-7-10)19-8-15(21,9-19)12-4-3-11(20)6-13(12)16;1-6(18)10-12(17-19-13(10)7-2-3-7)11-8(14)4-16-5-9(11)15;13-3-7-11(17-18-12(7)6-1-2-6)10-8(14)4-16-5-9(10)15;13-8-3-15-4-9(14)10(8)11-7(5-17)12(18-16-11)6-1-2-6;1-2-11-8(10)5-7(9)6-3-4-6;7-3-1-10-2-4(8)5(3)6(9)11-12;7-5-2-9-3-6(8)4(5)1-10-11;7-5-1-9-2-6(8)4(5)3-10/h2-7,20-21H,8-9H2;4-5,7H,2-3H2,1H3;4-6H,1-3H2;3-4,6,17H,1-2,5H2;6H,2-5H2,1H3;1-2,12H;1-3,11H;1-3H/b;;;;;11-6-;10-1+;. The third kappa shape index (κ3) is 25.4. The molecule has 16 rings (SSSR count). The predicted molar refractivity (Wildman–Crippen MR) is 461 cm³/mol. The molecule has 4 aliphatic carbocycles. The Bertz CT molecular complexity index is 5350. The third-order valence-electron chi connectivity index (χ3n) is 17.5. The summed E-state index contributed by atoms with van der Waals surface area (Å²) in [5, 5.41) is 68.0. The van der Waals surface area contributed by atoms with Gasteiger partial charge in [0.25, 0.3) is 0 Å². The van der Waals surface area contributed by atoms with Gasteiger partial charge in [-0.3, -0.25) is 54.1 Å². The summed E-state index contributed by atoms with van der Waals surface area (Å²) in [6.45, 7) is 11.1. The number of nitrogens with zero attached hydrogens (tertiary/aromatic N) is 14. The first-order valence-corrected chi connectivity index (χ1v) is 41.2. The normalized spacial score (nSPS) is 14.1. The number of ketones is 2. The van der Waals surface area contributed by atoms with Gasteiger partial charge in [0, 0.05) is 143 Å². The molecule has 4 saturated carbocycles. The lowest BCUT2D eigenvalue weighted by Gasteiger charge is -2.47. The molecule has 42 heteroatoms. The van der Waals surface area contributed by atoms with E-state index in [0.29, 0.717) is 174 Å². The first kappa shape index (κ1) is 95.5. The van der Waals surface area contributed by atoms with Crippen molar-refractivity contribution in [3.63, 3.8) is 0 Å². The van der Waals surface area contributed by atoms with Crippen LogP contribution in [0, 0.1) is 12.5 Å². The Kier molecular flexibility index (Phi) is 36.0. The van der Waals surface area contributed by atoms with Gasteiger partial charge in [-0.25, -0.2) is 4.85 Å². The molecule has 5 N–H and O–H groups in total. The number of aliphatic hydroxyl groups is 2. The zero-order valence-corrected chi connectivity index (χ0v) is 73.5. The Morgan fingerprint density at radius 3 is 1.38 bits per heavy atom. The number of anilines is 1. The molecule has 1 aromatic carbocycles. The number of aromatic hydroxyl groups is 1. The van der Waals surface area contributed by atoms with Gasteiger partial charge in [-0.05, 0) is 83.4 Å². The molecule has 0 unspecified atom stereocenters. The Morgan fingerprint density at radius 1 is 0.575 bits per heavy atom. The molecule has 0 spiro atoms. The van der Waals surface area contributed by atoms with Crippen LogP contribution in [0.25, 0.3) is 38.6 Å². The number of halogens is 15. The number of rotatable bonds is 18. The molecule has 1 aliphatic heterocycles. The highest BCUT2D eigenvalue weighted by atomic mass is 35.5. The molecule has 27 nitrogen and oxygen atoms in total. The van der Waals surface area contributed by atoms with E-state index in [-0.39, 0.29) is 73.1 Å². The molecule has 1 saturated heterocycles. The van der Waals surface area contributed by atoms with Crippen molar-refractivity contribution < 1.29 is 63.2 Å². The fourth-order valence-corrected chi connectivity index (χ4v) is 15.1. The number of oxime groups is 2. The smallest absolute Gasteiger partial charge is 0.313 e. The highest BCUT2D eigenvalue weighted by Gasteiger charge is 2.45. The van der Waals surface area contributed by atoms with Gasteiger partial charge in [0.2, 0.25) is 5.69 Å². The second kappa shape index (κ2) is 45.2. The number of ether oxygens (including phenoxy) is 1. The molecule has 10 aromatic heterocycles. The summed E-state index contributed by atoms with van der Waals surface area (Å²) in [5.74, 6) is 4.20. The van der Waals surface area contributed by atoms with E-state index < -0.39 is 5.60 Å². The van der Waals surface area contributed by atoms with E-state index >= 15 is 0 Å². The maximum atomic E-state index is 11.9. The van der Waals surface area contributed by atoms with Crippen LogP contribution in [-0.4, -0.2) is 131 Å². The zero-order chi connectivity index (χ0) is 87.2. The lowest BCUT2D eigenvalue weighted by molar-refractivity contribution is -0.145. The molecular formula is C78H63Cl15N14O13. The van der Waals surface area contributed by atoms with Gasteiger partial charge >= 0.3 is 5.97 Å². The van der Waals surface area contributed by atoms with Crippen LogP contribution in [-0.2, 0) is 32.4 Å². The van der Waals surface area contributed by atoms with Gasteiger partial charge < -0.3 is 48.9 Å². The van der Waals surface area contributed by atoms with E-state index in [1.54, 1.807) is 25.1 Å². The van der Waals surface area contributed by atoms with Crippen molar-refractivity contribution in [1.82, 2.24) is 50.4 Å². The molecule has 11 aromatic rings. The maximum absolute atomic E-state index is 11.9. The van der Waals surface area contributed by atoms with Crippen molar-refractivity contribution in [2.24, 2.45) is 16.2 Å². The number of phenols is 1. The van der Waals surface area contributed by atoms with Gasteiger partial charge in [-0.2, -0.15) is 0 Å². The van der Waals surface area contributed by atoms with E-state index in [9.17, 15) is 34.5 Å². The van der Waals surface area contributed by atoms with Gasteiger partial charge in [0.05, 0.1) is 127 Å². The Hall–Kier alpha value is -8.32. The van der Waals surface area contributed by atoms with Crippen LogP contribution in [0.1, 0.15) is 155 Å². The molecule has 5 aliphatic rings. The number of carbonyl (C=O) groups excluding carboxylic acids is 4. The number of pyridine rings is 7. The molecule has 11 heterocycles. The molecule has 628 valence electrons. The number of aliphatic hydroxyl groups excluding tert-OH is 1. The van der Waals surface area contributed by atoms with E-state index in [1.165, 1.54) is 99.6 Å². The quantitative estimate of drug-likeness (QED) is 0.00613. The molecule has 0 amide bonds. The summed E-state index contributed by atoms with van der Waals surface area (Å²) >= 11 is 88.0. The first-order valence-electron chi connectivity index (χ1n) is 35.3. The number of benzene rings is 1. The van der Waals surface area contributed by atoms with Crippen molar-refractivity contribution in [3.05, 3.63) is 244 Å². The highest BCUT2D eigenvalue weighted by molar-refractivity contribution is 6.71. The number of Topliss-reactive ketones (excluding diaryl/α,β-unsaturated/α-hetero) is 2. The zero-order valence-electron chi connectivity index (χ0n) is 62.2. The fourth-order valence-electron chi connectivity index (χ4n) is 11.1. The molecule has 120 heavy (non-hydrogen) atoms. The minimum Gasteiger partial charge on any atom is -0.508 e. The van der Waals surface area contributed by atoms with Crippen LogP contribution in [0.2, 0.25) is 65.3 Å². The minimum atomic E-state index is -1.05. The number of carbonyl (C=O) groups is 4. The molecular weight excluding hydrogens is 1870 g/mol. The molecule has 0 radical (unpaired) electrons. The van der Waals surface area contributed by atoms with Crippen LogP contribution in [0.5, 0.6) is 5.75 Å². The van der Waals surface area contributed by atoms with Gasteiger partial charge in [0.1, 0.15) is 58.0 Å². The molecule has 0 bridgehead atoms. The lowest BCUT2D eigenvalue weighted by atomic mass is 9.86. The number of aldehydes is 1. The van der Waals surface area contributed by atoms with Crippen molar-refractivity contribution in [2.45, 2.75) is 107 Å². The SMILES string of the molecule is CC(=O)c1c(-c2c(Cl)cncc2Cl)noc1C1CC1.CCOC(=O)CC(=O)C1CC1.ClCc1c(-c2c(Cl)cncc2Cl)noc1C1CC1.O/N=C(\Cl)c1c(Cl)cncc1Cl.O/N=C/c1c(Cl)cncc1Cl.O=Cc1c(Cl)cncc1Cl.OCc1c(-c2c(Cl)cncc2Cl)noc1C1CC1.[C-]#[N+]c1ccc(N2CC(O)(c3ccc(O)cc3Cl)C2)nc1. The summed E-state index contributed by atoms with van der Waals surface area (Å²) in [5.41, 5.74) is 6.35. The average Bonchev–Trinajstić information content (AvgIpc) is 0.876. The van der Waals surface area contributed by atoms with Crippen LogP contribution in [0.4, 0.5) is 11.5 Å². The van der Waals surface area contributed by atoms with E-state index in [2.05, 4.69) is 70.3 Å². The summed E-state index contributed by atoms with van der Waals surface area (Å²) in [7, 11) is 0. The summed E-state index contributed by atoms with van der Waals surface area (Å²) in [6.07, 6.45) is 28.9. The second-order valence-electron chi connectivity index (χ2n) is 26.1. The van der Waals surface area contributed by atoms with Crippen molar-refractivity contribution in [2.75, 3.05) is 24.6 Å². The van der Waals surface area contributed by atoms with E-state index in [1.807, 2.05) is 4.90 Å². The number of aromatic nitrogens is 10. The maximum Gasteiger partial charge on any atom is 0.313 e. The number of esters is 1. The van der Waals surface area contributed by atoms with Gasteiger partial charge in [0.15, 0.2) is 23.0 Å². The van der Waals surface area contributed by atoms with Gasteiger partial charge in [-0.1, -0.05) is 200 Å². The molecule has 5 fully saturated rings. The first-order chi connectivity index (χ1) is 57.5. The fraction of sp³-hybridized carbons (Fsp3) is 0.269. The predicted octanol–water partition coefficient (Wildman–Crippen LogP) is 23.0. The number of alkyl halides is 1. The second-order valence-corrected chi connectivity index (χ2v) is 32.1. The summed E-state index contributed by atoms with van der Waals surface area (Å²) in [4.78, 5) is 76.0. The topological polar surface area (TPSA) is 379 Å². The number of β-amino-alcohol motifs (C(OH)–C–C–N with tert-alkyl or cyclic N) is 1. The van der Waals surface area contributed by atoms with Crippen LogP contribution >= 0.6 is 174 Å². The Balaban J connectivity index is 0.000000158. The number of hydrogen-bond acceptors (Lipinski definition) is 26. The summed E-state index contributed by atoms with van der Waals surface area (Å²) in [6, 6.07) is 8.00. The van der Waals surface area contributed by atoms with Crippen LogP contribution in [0.3, 0.4) is 0 Å². The largest absolute Gasteiger partial charge is 0.508 e. The van der Waals surface area contributed by atoms with Crippen molar-refractivity contribution in [3.8, 4) is 39.5 Å². The van der Waals surface area contributed by atoms with Gasteiger partial charge in [-0.15, -0.1) is 11.6 Å². The highest BCUT2D eigenvalue weighted by Crippen LogP contribution is 2.49. The number of phenolic OH excluding ortho intramolecular Hbond substituents is 1. The van der Waals surface area contributed by atoms with E-state index in [4.69, 9.17) is 205 Å². The monoisotopic (exact) mass is 1930 g/mol. The summed E-state index contributed by atoms with van der Waals surface area (Å²) < 4.78 is 20.7. The van der Waals surface area contributed by atoms with Crippen molar-refractivity contribution >= 4 is 221 Å². The van der Waals surface area contributed by atoms with Crippen LogP contribution in [0.15, 0.2) is 135 Å². The van der Waals surface area contributed by atoms with E-state index in [0.717, 1.165) is 74.7 Å². The van der Waals surface area contributed by atoms with Crippen LogP contribution < -0.4 is 4.90 Å². The Labute approximate surface area is 759 Å².